The molecule has 0 bridgehead atoms. The molecule has 0 spiro atoms. The zero-order valence-corrected chi connectivity index (χ0v) is 10.3. The Morgan fingerprint density at radius 1 is 1.12 bits per heavy atom. The lowest BCUT2D eigenvalue weighted by Crippen LogP contribution is -2.01. The van der Waals surface area contributed by atoms with Crippen molar-refractivity contribution in [3.05, 3.63) is 28.8 Å². The maximum atomic E-state index is 11.8. The first-order valence-corrected chi connectivity index (χ1v) is 6.01. The van der Waals surface area contributed by atoms with Crippen LogP contribution in [0.1, 0.15) is 55.1 Å². The van der Waals surface area contributed by atoms with Gasteiger partial charge in [-0.25, -0.2) is 0 Å². The number of aryl methyl sites for hydroxylation is 2. The van der Waals surface area contributed by atoms with Crippen molar-refractivity contribution < 1.29 is 9.90 Å². The summed E-state index contributed by atoms with van der Waals surface area (Å²) in [7, 11) is 0. The van der Waals surface area contributed by atoms with Crippen LogP contribution in [-0.4, -0.2) is 10.9 Å². The summed E-state index contributed by atoms with van der Waals surface area (Å²) in [6.07, 6.45) is 2.96. The summed E-state index contributed by atoms with van der Waals surface area (Å²) in [6, 6.07) is 3.65. The van der Waals surface area contributed by atoms with Gasteiger partial charge in [-0.15, -0.1) is 0 Å². The van der Waals surface area contributed by atoms with Gasteiger partial charge in [0, 0.05) is 12.0 Å². The van der Waals surface area contributed by atoms with Gasteiger partial charge in [0.1, 0.15) is 5.75 Å². The second-order valence-corrected chi connectivity index (χ2v) is 4.02. The van der Waals surface area contributed by atoms with E-state index < -0.39 is 0 Å². The topological polar surface area (TPSA) is 37.3 Å². The van der Waals surface area contributed by atoms with E-state index in [1.807, 2.05) is 32.9 Å². The Labute approximate surface area is 97.3 Å². The maximum Gasteiger partial charge on any atom is 0.162 e. The first kappa shape index (κ1) is 12.8. The molecule has 0 aromatic heterocycles. The van der Waals surface area contributed by atoms with Crippen LogP contribution < -0.4 is 0 Å². The Morgan fingerprint density at radius 3 is 2.00 bits per heavy atom. The van der Waals surface area contributed by atoms with Gasteiger partial charge in [-0.1, -0.05) is 20.8 Å². The number of hydrogen-bond donors (Lipinski definition) is 1. The Hall–Kier alpha value is -1.31. The van der Waals surface area contributed by atoms with E-state index in [9.17, 15) is 9.90 Å². The molecule has 0 aliphatic rings. The molecule has 0 unspecified atom stereocenters. The first-order valence-electron chi connectivity index (χ1n) is 6.01. The minimum absolute atomic E-state index is 0.173. The number of aromatic hydroxyl groups is 1. The fraction of sp³-hybridized carbons (Fsp3) is 0.500. The van der Waals surface area contributed by atoms with Crippen LogP contribution in [0.25, 0.3) is 0 Å². The molecule has 0 atom stereocenters. The van der Waals surface area contributed by atoms with E-state index in [0.29, 0.717) is 12.2 Å². The van der Waals surface area contributed by atoms with Crippen LogP contribution in [0.5, 0.6) is 5.75 Å². The van der Waals surface area contributed by atoms with Crippen LogP contribution in [0.2, 0.25) is 0 Å². The van der Waals surface area contributed by atoms with Crippen molar-refractivity contribution in [1.29, 1.82) is 0 Å². The van der Waals surface area contributed by atoms with E-state index in [1.54, 1.807) is 0 Å². The molecule has 0 radical (unpaired) electrons. The standard InChI is InChI=1S/C14H20O2/c1-4-7-13(15)12-8-10(5-2)14(16)11(6-3)9-12/h8-9,16H,4-7H2,1-3H3. The van der Waals surface area contributed by atoms with E-state index in [-0.39, 0.29) is 5.78 Å². The molecule has 2 nitrogen and oxygen atoms in total. The summed E-state index contributed by atoms with van der Waals surface area (Å²) in [6.45, 7) is 5.98. The summed E-state index contributed by atoms with van der Waals surface area (Å²) < 4.78 is 0. The zero-order valence-electron chi connectivity index (χ0n) is 10.3. The third-order valence-electron chi connectivity index (χ3n) is 2.83. The van der Waals surface area contributed by atoms with Crippen molar-refractivity contribution in [2.75, 3.05) is 0 Å². The minimum atomic E-state index is 0.173. The third kappa shape index (κ3) is 2.63. The molecule has 0 fully saturated rings. The van der Waals surface area contributed by atoms with E-state index in [0.717, 1.165) is 36.0 Å². The molecule has 0 aliphatic carbocycles. The highest BCUT2D eigenvalue weighted by Crippen LogP contribution is 2.26. The van der Waals surface area contributed by atoms with Gasteiger partial charge in [-0.3, -0.25) is 4.79 Å². The Balaban J connectivity index is 3.16. The summed E-state index contributed by atoms with van der Waals surface area (Å²) in [5, 5.41) is 9.91. The van der Waals surface area contributed by atoms with Gasteiger partial charge >= 0.3 is 0 Å². The lowest BCUT2D eigenvalue weighted by Gasteiger charge is -2.10. The van der Waals surface area contributed by atoms with Gasteiger partial charge in [0.05, 0.1) is 0 Å². The summed E-state index contributed by atoms with van der Waals surface area (Å²) in [4.78, 5) is 11.8. The number of hydrogen-bond acceptors (Lipinski definition) is 2. The minimum Gasteiger partial charge on any atom is -0.507 e. The molecule has 0 saturated heterocycles. The van der Waals surface area contributed by atoms with Gasteiger partial charge in [0.25, 0.3) is 0 Å². The molecule has 88 valence electrons. The number of phenolic OH excluding ortho intramolecular Hbond substituents is 1. The van der Waals surface area contributed by atoms with Crippen LogP contribution in [0.15, 0.2) is 12.1 Å². The van der Waals surface area contributed by atoms with Gasteiger partial charge in [-0.05, 0) is 42.5 Å². The molecular weight excluding hydrogens is 200 g/mol. The van der Waals surface area contributed by atoms with Crippen molar-refractivity contribution in [1.82, 2.24) is 0 Å². The van der Waals surface area contributed by atoms with Gasteiger partial charge in [0.15, 0.2) is 5.78 Å². The second-order valence-electron chi connectivity index (χ2n) is 4.02. The van der Waals surface area contributed by atoms with Crippen LogP contribution in [0, 0.1) is 0 Å². The Kier molecular flexibility index (Phi) is 4.53. The number of rotatable bonds is 5. The number of phenols is 1. The highest BCUT2D eigenvalue weighted by atomic mass is 16.3. The van der Waals surface area contributed by atoms with E-state index in [4.69, 9.17) is 0 Å². The maximum absolute atomic E-state index is 11.8. The summed E-state index contributed by atoms with van der Waals surface area (Å²) in [5.41, 5.74) is 2.49. The number of carbonyl (C=O) groups is 1. The number of ketones is 1. The van der Waals surface area contributed by atoms with Crippen molar-refractivity contribution in [3.8, 4) is 5.75 Å². The van der Waals surface area contributed by atoms with Crippen molar-refractivity contribution in [3.63, 3.8) is 0 Å². The average Bonchev–Trinajstić information content (AvgIpc) is 2.29. The van der Waals surface area contributed by atoms with Gasteiger partial charge in [-0.2, -0.15) is 0 Å². The van der Waals surface area contributed by atoms with E-state index >= 15 is 0 Å². The SMILES string of the molecule is CCCC(=O)c1cc(CC)c(O)c(CC)c1. The first-order chi connectivity index (χ1) is 7.63. The normalized spacial score (nSPS) is 10.4. The second kappa shape index (κ2) is 5.69. The van der Waals surface area contributed by atoms with Crippen molar-refractivity contribution in [2.45, 2.75) is 46.5 Å². The lowest BCUT2D eigenvalue weighted by molar-refractivity contribution is 0.0981. The van der Waals surface area contributed by atoms with Crippen molar-refractivity contribution >= 4 is 5.78 Å². The molecule has 0 amide bonds. The molecule has 1 N–H and O–H groups in total. The third-order valence-corrected chi connectivity index (χ3v) is 2.83. The van der Waals surface area contributed by atoms with E-state index in [1.165, 1.54) is 0 Å². The van der Waals surface area contributed by atoms with Crippen LogP contribution >= 0.6 is 0 Å². The number of benzene rings is 1. The molecule has 0 aliphatic heterocycles. The Bertz CT molecular complexity index is 355. The molecule has 0 heterocycles. The smallest absolute Gasteiger partial charge is 0.162 e. The van der Waals surface area contributed by atoms with Crippen LogP contribution in [0.4, 0.5) is 0 Å². The highest BCUT2D eigenvalue weighted by Gasteiger charge is 2.11. The monoisotopic (exact) mass is 220 g/mol. The predicted octanol–water partition coefficient (Wildman–Crippen LogP) is 3.50. The van der Waals surface area contributed by atoms with Crippen LogP contribution in [0.3, 0.4) is 0 Å². The zero-order chi connectivity index (χ0) is 12.1. The summed E-state index contributed by atoms with van der Waals surface area (Å²) in [5.74, 6) is 0.532. The molecule has 1 rings (SSSR count). The predicted molar refractivity (Wildman–Crippen MR) is 66.1 cm³/mol. The van der Waals surface area contributed by atoms with Gasteiger partial charge in [0.2, 0.25) is 0 Å². The molecule has 2 heteroatoms. The molecule has 1 aromatic rings. The number of carbonyl (C=O) groups excluding carboxylic acids is 1. The summed E-state index contributed by atoms with van der Waals surface area (Å²) >= 11 is 0. The average molecular weight is 220 g/mol. The lowest BCUT2D eigenvalue weighted by atomic mass is 9.97. The van der Waals surface area contributed by atoms with Crippen LogP contribution in [-0.2, 0) is 12.8 Å². The number of Topliss-reactive ketones (excluding diaryl/α,β-unsaturated/α-hetero) is 1. The molecule has 1 aromatic carbocycles. The fourth-order valence-electron chi connectivity index (χ4n) is 1.83. The van der Waals surface area contributed by atoms with E-state index in [2.05, 4.69) is 0 Å². The van der Waals surface area contributed by atoms with Crippen molar-refractivity contribution in [2.24, 2.45) is 0 Å². The molecule has 0 saturated carbocycles. The fourth-order valence-corrected chi connectivity index (χ4v) is 1.83. The largest absolute Gasteiger partial charge is 0.507 e. The van der Waals surface area contributed by atoms with Gasteiger partial charge < -0.3 is 5.11 Å². The molecular formula is C14H20O2. The quantitative estimate of drug-likeness (QED) is 0.771. The molecule has 16 heavy (non-hydrogen) atoms. The Morgan fingerprint density at radius 2 is 1.62 bits per heavy atom. The highest BCUT2D eigenvalue weighted by molar-refractivity contribution is 5.96.